The van der Waals surface area contributed by atoms with Gasteiger partial charge in [0.1, 0.15) is 0 Å². The highest BCUT2D eigenvalue weighted by atomic mass is 19.1. The molecule has 16 heavy (non-hydrogen) atoms. The average molecular weight is 232 g/mol. The van der Waals surface area contributed by atoms with Crippen molar-refractivity contribution < 1.29 is 34.3 Å². The molecular formula is C9H9FO6. The van der Waals surface area contributed by atoms with Gasteiger partial charge in [0.15, 0.2) is 29.2 Å². The number of aliphatic hydroxyl groups is 1. The Labute approximate surface area is 89.1 Å². The SMILES string of the molecule is COc1cc(O)c(O)c(C(O)C(=O)O)c1F. The number of methoxy groups -OCH3 is 1. The van der Waals surface area contributed by atoms with Crippen LogP contribution >= 0.6 is 0 Å². The highest BCUT2D eigenvalue weighted by molar-refractivity contribution is 5.76. The van der Waals surface area contributed by atoms with Gasteiger partial charge in [-0.05, 0) is 0 Å². The summed E-state index contributed by atoms with van der Waals surface area (Å²) >= 11 is 0. The monoisotopic (exact) mass is 232 g/mol. The van der Waals surface area contributed by atoms with Crippen LogP contribution in [0.2, 0.25) is 0 Å². The molecule has 0 bridgehead atoms. The van der Waals surface area contributed by atoms with Gasteiger partial charge in [-0.25, -0.2) is 9.18 Å². The Balaban J connectivity index is 3.47. The Bertz CT molecular complexity index is 430. The number of halogens is 1. The normalized spacial score (nSPS) is 12.2. The van der Waals surface area contributed by atoms with Gasteiger partial charge in [-0.2, -0.15) is 0 Å². The number of benzene rings is 1. The topological polar surface area (TPSA) is 107 Å². The quantitative estimate of drug-likeness (QED) is 0.560. The fourth-order valence-electron chi connectivity index (χ4n) is 1.15. The Morgan fingerprint density at radius 2 is 2.06 bits per heavy atom. The maximum absolute atomic E-state index is 13.5. The van der Waals surface area contributed by atoms with Crippen molar-refractivity contribution in [1.82, 2.24) is 0 Å². The van der Waals surface area contributed by atoms with Crippen molar-refractivity contribution in [3.8, 4) is 17.2 Å². The highest BCUT2D eigenvalue weighted by Gasteiger charge is 2.28. The largest absolute Gasteiger partial charge is 0.504 e. The zero-order chi connectivity index (χ0) is 12.5. The summed E-state index contributed by atoms with van der Waals surface area (Å²) in [5.41, 5.74) is -0.940. The lowest BCUT2D eigenvalue weighted by atomic mass is 10.1. The second-order valence-corrected chi connectivity index (χ2v) is 2.91. The smallest absolute Gasteiger partial charge is 0.337 e. The van der Waals surface area contributed by atoms with E-state index in [1.54, 1.807) is 0 Å². The summed E-state index contributed by atoms with van der Waals surface area (Å²) < 4.78 is 18.0. The minimum atomic E-state index is -2.29. The van der Waals surface area contributed by atoms with Gasteiger partial charge in [0, 0.05) is 6.07 Å². The first-order chi connectivity index (χ1) is 7.40. The van der Waals surface area contributed by atoms with Crippen LogP contribution in [0.3, 0.4) is 0 Å². The van der Waals surface area contributed by atoms with Crippen molar-refractivity contribution >= 4 is 5.97 Å². The van der Waals surface area contributed by atoms with Crippen LogP contribution in [-0.4, -0.2) is 33.5 Å². The number of rotatable bonds is 3. The fourth-order valence-corrected chi connectivity index (χ4v) is 1.15. The number of hydrogen-bond donors (Lipinski definition) is 4. The molecule has 0 aliphatic rings. The molecule has 0 aliphatic carbocycles. The predicted molar refractivity (Wildman–Crippen MR) is 48.9 cm³/mol. The maximum atomic E-state index is 13.5. The van der Waals surface area contributed by atoms with Gasteiger partial charge in [0.25, 0.3) is 0 Å². The first-order valence-electron chi connectivity index (χ1n) is 4.09. The Hall–Kier alpha value is -2.02. The number of hydrogen-bond acceptors (Lipinski definition) is 5. The second kappa shape index (κ2) is 4.23. The van der Waals surface area contributed by atoms with Crippen molar-refractivity contribution in [3.63, 3.8) is 0 Å². The number of phenols is 2. The lowest BCUT2D eigenvalue weighted by Crippen LogP contribution is -2.13. The summed E-state index contributed by atoms with van der Waals surface area (Å²) in [5, 5.41) is 36.0. The number of aromatic hydroxyl groups is 2. The lowest BCUT2D eigenvalue weighted by Gasteiger charge is -2.13. The van der Waals surface area contributed by atoms with Crippen LogP contribution in [-0.2, 0) is 4.79 Å². The average Bonchev–Trinajstić information content (AvgIpc) is 2.23. The molecule has 0 aliphatic heterocycles. The minimum absolute atomic E-state index is 0.481. The predicted octanol–water partition coefficient (Wildman–Crippen LogP) is 0.363. The number of aliphatic carboxylic acids is 1. The molecule has 88 valence electrons. The van der Waals surface area contributed by atoms with Crippen LogP contribution in [0.1, 0.15) is 11.7 Å². The second-order valence-electron chi connectivity index (χ2n) is 2.91. The molecule has 0 saturated heterocycles. The minimum Gasteiger partial charge on any atom is -0.504 e. The van der Waals surface area contributed by atoms with E-state index in [9.17, 15) is 14.3 Å². The third-order valence-corrected chi connectivity index (χ3v) is 1.95. The van der Waals surface area contributed by atoms with E-state index in [4.69, 9.17) is 15.3 Å². The standard InChI is InChI=1S/C9H9FO6/c1-16-4-2-3(11)7(12)5(6(4)10)8(13)9(14)15/h2,8,11-13H,1H3,(H,14,15). The molecule has 0 aromatic heterocycles. The molecule has 0 spiro atoms. The van der Waals surface area contributed by atoms with Gasteiger partial charge in [-0.3, -0.25) is 0 Å². The summed E-state index contributed by atoms with van der Waals surface area (Å²) in [5.74, 6) is -5.30. The molecule has 0 amide bonds. The molecule has 1 rings (SSSR count). The Kier molecular flexibility index (Phi) is 3.19. The molecule has 0 radical (unpaired) electrons. The molecule has 7 heteroatoms. The molecule has 0 heterocycles. The molecular weight excluding hydrogens is 223 g/mol. The first-order valence-corrected chi connectivity index (χ1v) is 4.09. The molecule has 1 aromatic rings. The first kappa shape index (κ1) is 12.1. The number of carbonyl (C=O) groups is 1. The van der Waals surface area contributed by atoms with Crippen molar-refractivity contribution in [2.24, 2.45) is 0 Å². The fraction of sp³-hybridized carbons (Fsp3) is 0.222. The van der Waals surface area contributed by atoms with Gasteiger partial charge in [-0.1, -0.05) is 0 Å². The van der Waals surface area contributed by atoms with E-state index in [1.807, 2.05) is 0 Å². The summed E-state index contributed by atoms with van der Waals surface area (Å²) in [4.78, 5) is 10.5. The van der Waals surface area contributed by atoms with Gasteiger partial charge >= 0.3 is 5.97 Å². The van der Waals surface area contributed by atoms with Gasteiger partial charge in [0.2, 0.25) is 0 Å². The molecule has 6 nitrogen and oxygen atoms in total. The number of ether oxygens (including phenoxy) is 1. The van der Waals surface area contributed by atoms with E-state index in [0.29, 0.717) is 0 Å². The van der Waals surface area contributed by atoms with E-state index in [1.165, 1.54) is 0 Å². The van der Waals surface area contributed by atoms with Gasteiger partial charge < -0.3 is 25.2 Å². The van der Waals surface area contributed by atoms with Crippen molar-refractivity contribution in [2.75, 3.05) is 7.11 Å². The molecule has 0 fully saturated rings. The van der Waals surface area contributed by atoms with Crippen LogP contribution in [0.15, 0.2) is 6.07 Å². The zero-order valence-corrected chi connectivity index (χ0v) is 8.14. The summed E-state index contributed by atoms with van der Waals surface area (Å²) in [7, 11) is 1.09. The highest BCUT2D eigenvalue weighted by Crippen LogP contribution is 2.40. The lowest BCUT2D eigenvalue weighted by molar-refractivity contribution is -0.147. The third-order valence-electron chi connectivity index (χ3n) is 1.95. The molecule has 1 aromatic carbocycles. The number of carboxylic acids is 1. The summed E-state index contributed by atoms with van der Waals surface area (Å²) in [6.45, 7) is 0. The van der Waals surface area contributed by atoms with Crippen LogP contribution in [0, 0.1) is 5.82 Å². The maximum Gasteiger partial charge on any atom is 0.337 e. The Morgan fingerprint density at radius 3 is 2.50 bits per heavy atom. The summed E-state index contributed by atoms with van der Waals surface area (Å²) in [6, 6.07) is 0.767. The van der Waals surface area contributed by atoms with E-state index in [0.717, 1.165) is 13.2 Å². The van der Waals surface area contributed by atoms with Crippen LogP contribution in [0.25, 0.3) is 0 Å². The van der Waals surface area contributed by atoms with Crippen LogP contribution < -0.4 is 4.74 Å². The number of carboxylic acid groups (broad SMARTS) is 1. The molecule has 0 saturated carbocycles. The molecule has 4 N–H and O–H groups in total. The van der Waals surface area contributed by atoms with Crippen molar-refractivity contribution in [3.05, 3.63) is 17.4 Å². The number of phenolic OH excluding ortho intramolecular Hbond substituents is 2. The van der Waals surface area contributed by atoms with Crippen molar-refractivity contribution in [1.29, 1.82) is 0 Å². The van der Waals surface area contributed by atoms with Crippen molar-refractivity contribution in [2.45, 2.75) is 6.10 Å². The zero-order valence-electron chi connectivity index (χ0n) is 8.14. The van der Waals surface area contributed by atoms with Crippen LogP contribution in [0.4, 0.5) is 4.39 Å². The van der Waals surface area contributed by atoms with Gasteiger partial charge in [0.05, 0.1) is 12.7 Å². The molecule has 1 unspecified atom stereocenters. The van der Waals surface area contributed by atoms with Crippen LogP contribution in [0.5, 0.6) is 17.2 Å². The Morgan fingerprint density at radius 1 is 1.50 bits per heavy atom. The van der Waals surface area contributed by atoms with Gasteiger partial charge in [-0.15, -0.1) is 0 Å². The van der Waals surface area contributed by atoms with E-state index >= 15 is 0 Å². The third kappa shape index (κ3) is 1.84. The summed E-state index contributed by atoms with van der Waals surface area (Å²) in [6.07, 6.45) is -2.29. The van der Waals surface area contributed by atoms with E-state index in [2.05, 4.69) is 4.74 Å². The van der Waals surface area contributed by atoms with E-state index < -0.39 is 40.7 Å². The number of aliphatic hydroxyl groups excluding tert-OH is 1. The molecule has 1 atom stereocenters. The van der Waals surface area contributed by atoms with E-state index in [-0.39, 0.29) is 0 Å².